The van der Waals surface area contributed by atoms with Crippen molar-refractivity contribution in [3.05, 3.63) is 0 Å². The van der Waals surface area contributed by atoms with E-state index in [-0.39, 0.29) is 6.04 Å². The van der Waals surface area contributed by atoms with E-state index >= 15 is 0 Å². The van der Waals surface area contributed by atoms with Gasteiger partial charge in [0.05, 0.1) is 0 Å². The third kappa shape index (κ3) is 6.42. The molecule has 0 radical (unpaired) electrons. The van der Waals surface area contributed by atoms with Gasteiger partial charge >= 0.3 is 6.18 Å². The molecule has 0 bridgehead atoms. The summed E-state index contributed by atoms with van der Waals surface area (Å²) >= 11 is 0. The highest BCUT2D eigenvalue weighted by Gasteiger charge is 2.27. The van der Waals surface area contributed by atoms with Crippen LogP contribution in [0.3, 0.4) is 0 Å². The van der Waals surface area contributed by atoms with Crippen LogP contribution in [-0.2, 0) is 4.84 Å². The van der Waals surface area contributed by atoms with Gasteiger partial charge in [0.25, 0.3) is 0 Å². The Morgan fingerprint density at radius 1 is 1.25 bits per heavy atom. The van der Waals surface area contributed by atoms with Gasteiger partial charge < -0.3 is 0 Å². The van der Waals surface area contributed by atoms with Crippen molar-refractivity contribution < 1.29 is 18.0 Å². The van der Waals surface area contributed by atoms with Crippen molar-refractivity contribution in [2.24, 2.45) is 0 Å². The van der Waals surface area contributed by atoms with Crippen LogP contribution in [0.25, 0.3) is 0 Å². The van der Waals surface area contributed by atoms with E-state index in [1.807, 2.05) is 13.8 Å². The molecule has 0 aliphatic heterocycles. The van der Waals surface area contributed by atoms with Gasteiger partial charge in [-0.25, -0.2) is 0 Å². The average molecular weight is 185 g/mol. The Morgan fingerprint density at radius 2 is 1.75 bits per heavy atom. The SMILES string of the molecule is CCC(CC)NOCC(F)(F)F. The van der Waals surface area contributed by atoms with E-state index in [2.05, 4.69) is 10.3 Å². The molecule has 0 rings (SSSR count). The molecule has 0 aromatic rings. The van der Waals surface area contributed by atoms with Gasteiger partial charge in [-0.15, -0.1) is 0 Å². The molecule has 0 fully saturated rings. The Kier molecular flexibility index (Phi) is 5.24. The Labute approximate surface area is 70.0 Å². The summed E-state index contributed by atoms with van der Waals surface area (Å²) in [4.78, 5) is 4.27. The fourth-order valence-electron chi connectivity index (χ4n) is 0.697. The topological polar surface area (TPSA) is 21.3 Å². The third-order valence-electron chi connectivity index (χ3n) is 1.47. The highest BCUT2D eigenvalue weighted by Crippen LogP contribution is 2.13. The molecule has 0 spiro atoms. The first kappa shape index (κ1) is 11.7. The van der Waals surface area contributed by atoms with E-state index in [4.69, 9.17) is 0 Å². The zero-order valence-electron chi connectivity index (χ0n) is 7.24. The van der Waals surface area contributed by atoms with E-state index < -0.39 is 12.8 Å². The summed E-state index contributed by atoms with van der Waals surface area (Å²) in [6.45, 7) is 2.54. The summed E-state index contributed by atoms with van der Waals surface area (Å²) in [7, 11) is 0. The number of halogens is 3. The van der Waals surface area contributed by atoms with E-state index in [0.29, 0.717) is 0 Å². The molecule has 0 aliphatic carbocycles. The van der Waals surface area contributed by atoms with Gasteiger partial charge in [-0.1, -0.05) is 13.8 Å². The van der Waals surface area contributed by atoms with Crippen LogP contribution < -0.4 is 5.48 Å². The fourth-order valence-corrected chi connectivity index (χ4v) is 0.697. The second-order valence-electron chi connectivity index (χ2n) is 2.54. The molecular weight excluding hydrogens is 171 g/mol. The Balaban J connectivity index is 3.41. The predicted molar refractivity (Wildman–Crippen MR) is 39.5 cm³/mol. The lowest BCUT2D eigenvalue weighted by Crippen LogP contribution is -2.32. The molecule has 5 heteroatoms. The summed E-state index contributed by atoms with van der Waals surface area (Å²) < 4.78 is 34.6. The average Bonchev–Trinajstić information content (AvgIpc) is 1.96. The Hall–Kier alpha value is -0.290. The van der Waals surface area contributed by atoms with E-state index in [0.717, 1.165) is 12.8 Å². The molecule has 1 N–H and O–H groups in total. The minimum Gasteiger partial charge on any atom is -0.292 e. The van der Waals surface area contributed by atoms with Crippen LogP contribution in [0.5, 0.6) is 0 Å². The van der Waals surface area contributed by atoms with Gasteiger partial charge in [-0.05, 0) is 12.8 Å². The molecule has 0 amide bonds. The van der Waals surface area contributed by atoms with Gasteiger partial charge in [0.2, 0.25) is 0 Å². The zero-order chi connectivity index (χ0) is 9.61. The van der Waals surface area contributed by atoms with Crippen molar-refractivity contribution in [3.8, 4) is 0 Å². The summed E-state index contributed by atoms with van der Waals surface area (Å²) in [5, 5.41) is 0. The minimum atomic E-state index is -4.25. The molecule has 0 atom stereocenters. The van der Waals surface area contributed by atoms with Crippen molar-refractivity contribution in [2.45, 2.75) is 38.9 Å². The van der Waals surface area contributed by atoms with Crippen LogP contribution in [-0.4, -0.2) is 18.8 Å². The predicted octanol–water partition coefficient (Wildman–Crippen LogP) is 2.26. The third-order valence-corrected chi connectivity index (χ3v) is 1.47. The first-order chi connectivity index (χ1) is 5.49. The first-order valence-electron chi connectivity index (χ1n) is 3.93. The fraction of sp³-hybridized carbons (Fsp3) is 1.00. The highest BCUT2D eigenvalue weighted by atomic mass is 19.4. The number of alkyl halides is 3. The van der Waals surface area contributed by atoms with E-state index in [1.54, 1.807) is 0 Å². The molecule has 0 aromatic carbocycles. The van der Waals surface area contributed by atoms with Crippen molar-refractivity contribution in [1.82, 2.24) is 5.48 Å². The van der Waals surface area contributed by atoms with Crippen LogP contribution in [0.4, 0.5) is 13.2 Å². The largest absolute Gasteiger partial charge is 0.413 e. The van der Waals surface area contributed by atoms with Crippen molar-refractivity contribution in [2.75, 3.05) is 6.61 Å². The van der Waals surface area contributed by atoms with E-state index in [9.17, 15) is 13.2 Å². The number of hydrogen-bond acceptors (Lipinski definition) is 2. The lowest BCUT2D eigenvalue weighted by molar-refractivity contribution is -0.193. The maximum absolute atomic E-state index is 11.5. The van der Waals surface area contributed by atoms with E-state index in [1.165, 1.54) is 0 Å². The maximum atomic E-state index is 11.5. The Bertz CT molecular complexity index is 112. The van der Waals surface area contributed by atoms with Crippen LogP contribution in [0.15, 0.2) is 0 Å². The van der Waals surface area contributed by atoms with Gasteiger partial charge in [-0.2, -0.15) is 18.7 Å². The minimum absolute atomic E-state index is 0.00681. The Morgan fingerprint density at radius 3 is 2.08 bits per heavy atom. The first-order valence-corrected chi connectivity index (χ1v) is 3.93. The normalized spacial score (nSPS) is 12.5. The number of hydroxylamine groups is 1. The molecule has 0 heterocycles. The quantitative estimate of drug-likeness (QED) is 0.663. The lowest BCUT2D eigenvalue weighted by atomic mass is 10.2. The molecule has 0 saturated carbocycles. The number of rotatable bonds is 5. The molecule has 2 nitrogen and oxygen atoms in total. The second kappa shape index (κ2) is 5.37. The second-order valence-corrected chi connectivity index (χ2v) is 2.54. The van der Waals surface area contributed by atoms with Crippen molar-refractivity contribution >= 4 is 0 Å². The summed E-state index contributed by atoms with van der Waals surface area (Å²) in [6, 6.07) is 0.00681. The van der Waals surface area contributed by atoms with Gasteiger partial charge in [0, 0.05) is 6.04 Å². The standard InChI is InChI=1S/C7H14F3NO/c1-3-6(4-2)11-12-5-7(8,9)10/h6,11H,3-5H2,1-2H3. The molecule has 0 aliphatic rings. The highest BCUT2D eigenvalue weighted by molar-refractivity contribution is 4.55. The molecule has 0 aromatic heterocycles. The van der Waals surface area contributed by atoms with Crippen molar-refractivity contribution in [3.63, 3.8) is 0 Å². The molecule has 0 saturated heterocycles. The number of hydrogen-bond donors (Lipinski definition) is 1. The van der Waals surface area contributed by atoms with Crippen LogP contribution >= 0.6 is 0 Å². The van der Waals surface area contributed by atoms with Gasteiger partial charge in [0.15, 0.2) is 6.61 Å². The summed E-state index contributed by atoms with van der Waals surface area (Å²) in [6.07, 6.45) is -2.73. The van der Waals surface area contributed by atoms with Gasteiger partial charge in [-0.3, -0.25) is 4.84 Å². The summed E-state index contributed by atoms with van der Waals surface area (Å²) in [5.41, 5.74) is 2.36. The monoisotopic (exact) mass is 185 g/mol. The van der Waals surface area contributed by atoms with Crippen LogP contribution in [0.1, 0.15) is 26.7 Å². The number of nitrogens with one attached hydrogen (secondary N) is 1. The maximum Gasteiger partial charge on any atom is 0.413 e. The molecular formula is C7H14F3NO. The lowest BCUT2D eigenvalue weighted by Gasteiger charge is -2.15. The molecule has 74 valence electrons. The van der Waals surface area contributed by atoms with Crippen LogP contribution in [0.2, 0.25) is 0 Å². The van der Waals surface area contributed by atoms with Gasteiger partial charge in [0.1, 0.15) is 0 Å². The van der Waals surface area contributed by atoms with Crippen molar-refractivity contribution in [1.29, 1.82) is 0 Å². The van der Waals surface area contributed by atoms with Crippen LogP contribution in [0, 0.1) is 0 Å². The smallest absolute Gasteiger partial charge is 0.292 e. The summed E-state index contributed by atoms with van der Waals surface area (Å²) in [5.74, 6) is 0. The molecule has 12 heavy (non-hydrogen) atoms. The zero-order valence-corrected chi connectivity index (χ0v) is 7.24. The molecule has 0 unspecified atom stereocenters.